The summed E-state index contributed by atoms with van der Waals surface area (Å²) < 4.78 is 12.4. The molecule has 3 heteroatoms. The Kier molecular flexibility index (Phi) is 6.58. The van der Waals surface area contributed by atoms with Gasteiger partial charge in [-0.05, 0) is 32.4 Å². The van der Waals surface area contributed by atoms with Crippen LogP contribution in [0, 0.1) is 6.92 Å². The van der Waals surface area contributed by atoms with E-state index in [9.17, 15) is 4.21 Å². The zero-order valence-electron chi connectivity index (χ0n) is 11.9. The summed E-state index contributed by atoms with van der Waals surface area (Å²) in [4.78, 5) is 0. The molecule has 0 bridgehead atoms. The molecule has 1 N–H and O–H groups in total. The number of benzene rings is 1. The lowest BCUT2D eigenvalue weighted by Crippen LogP contribution is -2.40. The van der Waals surface area contributed by atoms with Crippen LogP contribution in [-0.4, -0.2) is 22.0 Å². The van der Waals surface area contributed by atoms with Crippen LogP contribution in [0.25, 0.3) is 0 Å². The molecule has 1 rings (SSSR count). The van der Waals surface area contributed by atoms with Crippen molar-refractivity contribution in [3.63, 3.8) is 0 Å². The minimum absolute atomic E-state index is 0.190. The highest BCUT2D eigenvalue weighted by atomic mass is 32.2. The fourth-order valence-electron chi connectivity index (χ4n) is 2.19. The Morgan fingerprint density at radius 3 is 2.61 bits per heavy atom. The van der Waals surface area contributed by atoms with E-state index in [-0.39, 0.29) is 5.25 Å². The molecule has 102 valence electrons. The monoisotopic (exact) mass is 267 g/mol. The summed E-state index contributed by atoms with van der Waals surface area (Å²) in [7, 11) is -0.818. The van der Waals surface area contributed by atoms with E-state index in [2.05, 4.69) is 51.2 Å². The SMILES string of the molecule is CCNC(CC)C(C)S(=O)Cc1cccc(C)c1. The molecule has 2 nitrogen and oxygen atoms in total. The Morgan fingerprint density at radius 1 is 1.33 bits per heavy atom. The predicted octanol–water partition coefficient (Wildman–Crippen LogP) is 3.02. The molecule has 0 aliphatic rings. The first-order valence-electron chi connectivity index (χ1n) is 6.74. The van der Waals surface area contributed by atoms with Crippen LogP contribution in [0.5, 0.6) is 0 Å². The van der Waals surface area contributed by atoms with Crippen molar-refractivity contribution >= 4 is 10.8 Å². The summed E-state index contributed by atoms with van der Waals surface area (Å²) >= 11 is 0. The Labute approximate surface area is 114 Å². The van der Waals surface area contributed by atoms with Gasteiger partial charge in [-0.3, -0.25) is 4.21 Å². The highest BCUT2D eigenvalue weighted by Crippen LogP contribution is 2.13. The Balaban J connectivity index is 2.64. The number of nitrogens with one attached hydrogen (secondary N) is 1. The molecule has 0 aliphatic heterocycles. The normalized spacial score (nSPS) is 16.2. The Bertz CT molecular complexity index is 392. The lowest BCUT2D eigenvalue weighted by molar-refractivity contribution is 0.500. The molecule has 0 amide bonds. The predicted molar refractivity (Wildman–Crippen MR) is 80.2 cm³/mol. The molecule has 0 radical (unpaired) electrons. The molecule has 0 heterocycles. The highest BCUT2D eigenvalue weighted by Gasteiger charge is 2.20. The molecule has 0 spiro atoms. The van der Waals surface area contributed by atoms with Gasteiger partial charge in [-0.25, -0.2) is 0 Å². The maximum Gasteiger partial charge on any atom is 0.0489 e. The molecular weight excluding hydrogens is 242 g/mol. The first-order chi connectivity index (χ1) is 8.58. The van der Waals surface area contributed by atoms with E-state index in [1.807, 2.05) is 6.07 Å². The first-order valence-corrected chi connectivity index (χ1v) is 8.12. The Hall–Kier alpha value is -0.670. The van der Waals surface area contributed by atoms with Crippen molar-refractivity contribution in [3.05, 3.63) is 35.4 Å². The summed E-state index contributed by atoms with van der Waals surface area (Å²) in [5, 5.41) is 3.61. The molecule has 1 aromatic carbocycles. The maximum absolute atomic E-state index is 12.4. The standard InChI is InChI=1S/C15H25NOS/c1-5-15(16-6-2)13(4)18(17)11-14-9-7-8-12(3)10-14/h7-10,13,15-16H,5-6,11H2,1-4H3. The lowest BCUT2D eigenvalue weighted by Gasteiger charge is -2.23. The van der Waals surface area contributed by atoms with Crippen LogP contribution in [0.15, 0.2) is 24.3 Å². The zero-order valence-corrected chi connectivity index (χ0v) is 12.7. The molecular formula is C15H25NOS. The lowest BCUT2D eigenvalue weighted by atomic mass is 10.1. The van der Waals surface area contributed by atoms with Crippen LogP contribution in [0.3, 0.4) is 0 Å². The second-order valence-corrected chi connectivity index (χ2v) is 6.59. The van der Waals surface area contributed by atoms with Gasteiger partial charge in [0.1, 0.15) is 0 Å². The molecule has 3 atom stereocenters. The van der Waals surface area contributed by atoms with Gasteiger partial charge in [0.15, 0.2) is 0 Å². The van der Waals surface area contributed by atoms with Gasteiger partial charge in [0, 0.05) is 27.8 Å². The molecule has 0 saturated heterocycles. The van der Waals surface area contributed by atoms with Gasteiger partial charge in [0.2, 0.25) is 0 Å². The highest BCUT2D eigenvalue weighted by molar-refractivity contribution is 7.84. The second kappa shape index (κ2) is 7.70. The average Bonchev–Trinajstić information content (AvgIpc) is 2.35. The van der Waals surface area contributed by atoms with Crippen molar-refractivity contribution in [2.24, 2.45) is 0 Å². The molecule has 3 unspecified atom stereocenters. The van der Waals surface area contributed by atoms with E-state index in [1.165, 1.54) is 11.1 Å². The zero-order chi connectivity index (χ0) is 13.5. The second-order valence-electron chi connectivity index (χ2n) is 4.79. The molecule has 0 fully saturated rings. The third kappa shape index (κ3) is 4.54. The van der Waals surface area contributed by atoms with Crippen molar-refractivity contribution in [2.75, 3.05) is 6.54 Å². The summed E-state index contributed by atoms with van der Waals surface area (Å²) in [6.07, 6.45) is 1.02. The van der Waals surface area contributed by atoms with Gasteiger partial charge >= 0.3 is 0 Å². The molecule has 0 aromatic heterocycles. The van der Waals surface area contributed by atoms with E-state index < -0.39 is 10.8 Å². The summed E-state index contributed by atoms with van der Waals surface area (Å²) in [6, 6.07) is 8.64. The van der Waals surface area contributed by atoms with Gasteiger partial charge in [-0.2, -0.15) is 0 Å². The minimum Gasteiger partial charge on any atom is -0.313 e. The summed E-state index contributed by atoms with van der Waals surface area (Å²) in [6.45, 7) is 9.34. The van der Waals surface area contributed by atoms with E-state index >= 15 is 0 Å². The van der Waals surface area contributed by atoms with E-state index in [4.69, 9.17) is 0 Å². The fourth-order valence-corrected chi connectivity index (χ4v) is 3.61. The number of rotatable bonds is 7. The minimum atomic E-state index is -0.818. The van der Waals surface area contributed by atoms with Crippen molar-refractivity contribution in [1.29, 1.82) is 0 Å². The van der Waals surface area contributed by atoms with Crippen molar-refractivity contribution in [3.8, 4) is 0 Å². The summed E-state index contributed by atoms with van der Waals surface area (Å²) in [5.41, 5.74) is 2.41. The molecule has 0 saturated carbocycles. The van der Waals surface area contributed by atoms with Crippen LogP contribution in [-0.2, 0) is 16.6 Å². The average molecular weight is 267 g/mol. The van der Waals surface area contributed by atoms with Crippen LogP contribution >= 0.6 is 0 Å². The van der Waals surface area contributed by atoms with Crippen LogP contribution in [0.2, 0.25) is 0 Å². The van der Waals surface area contributed by atoms with Crippen LogP contribution < -0.4 is 5.32 Å². The van der Waals surface area contributed by atoms with Gasteiger partial charge in [-0.15, -0.1) is 0 Å². The van der Waals surface area contributed by atoms with Gasteiger partial charge in [-0.1, -0.05) is 43.7 Å². The first kappa shape index (κ1) is 15.4. The molecule has 18 heavy (non-hydrogen) atoms. The quantitative estimate of drug-likeness (QED) is 0.823. The molecule has 0 aliphatic carbocycles. The van der Waals surface area contributed by atoms with E-state index in [1.54, 1.807) is 0 Å². The largest absolute Gasteiger partial charge is 0.313 e. The van der Waals surface area contributed by atoms with Crippen molar-refractivity contribution in [2.45, 2.75) is 51.2 Å². The number of hydrogen-bond donors (Lipinski definition) is 1. The third-order valence-electron chi connectivity index (χ3n) is 3.28. The smallest absolute Gasteiger partial charge is 0.0489 e. The fraction of sp³-hybridized carbons (Fsp3) is 0.600. The molecule has 1 aromatic rings. The van der Waals surface area contributed by atoms with Crippen molar-refractivity contribution < 1.29 is 4.21 Å². The Morgan fingerprint density at radius 2 is 2.06 bits per heavy atom. The van der Waals surface area contributed by atoms with Crippen molar-refractivity contribution in [1.82, 2.24) is 5.32 Å². The van der Waals surface area contributed by atoms with Gasteiger partial charge in [0.05, 0.1) is 0 Å². The maximum atomic E-state index is 12.4. The van der Waals surface area contributed by atoms with Crippen LogP contribution in [0.1, 0.15) is 38.3 Å². The topological polar surface area (TPSA) is 29.1 Å². The van der Waals surface area contributed by atoms with E-state index in [0.29, 0.717) is 11.8 Å². The number of aryl methyl sites for hydroxylation is 1. The van der Waals surface area contributed by atoms with Gasteiger partial charge < -0.3 is 5.32 Å². The third-order valence-corrected chi connectivity index (χ3v) is 5.05. The van der Waals surface area contributed by atoms with E-state index in [0.717, 1.165) is 13.0 Å². The number of hydrogen-bond acceptors (Lipinski definition) is 2. The van der Waals surface area contributed by atoms with Crippen LogP contribution in [0.4, 0.5) is 0 Å². The van der Waals surface area contributed by atoms with Gasteiger partial charge in [0.25, 0.3) is 0 Å². The summed E-state index contributed by atoms with van der Waals surface area (Å²) in [5.74, 6) is 0.657.